The number of carbonyl (C=O) groups excluding carboxylic acids is 1. The molecule has 2 aliphatic rings. The van der Waals surface area contributed by atoms with Gasteiger partial charge >= 0.3 is 0 Å². The van der Waals surface area contributed by atoms with Crippen molar-refractivity contribution in [2.75, 3.05) is 26.2 Å². The number of piperazine rings is 1. The van der Waals surface area contributed by atoms with E-state index in [1.165, 1.54) is 25.7 Å². The number of rotatable bonds is 3. The molecule has 1 aliphatic carbocycles. The van der Waals surface area contributed by atoms with E-state index in [-0.39, 0.29) is 0 Å². The molecule has 2 fully saturated rings. The highest BCUT2D eigenvalue weighted by atomic mass is 16.2. The van der Waals surface area contributed by atoms with Crippen LogP contribution >= 0.6 is 0 Å². The molecule has 1 heterocycles. The third-order valence-corrected chi connectivity index (χ3v) is 4.75. The van der Waals surface area contributed by atoms with Gasteiger partial charge in [0.2, 0.25) is 5.91 Å². The van der Waals surface area contributed by atoms with Crippen LogP contribution in [0.15, 0.2) is 0 Å². The summed E-state index contributed by atoms with van der Waals surface area (Å²) in [4.78, 5) is 16.7. The van der Waals surface area contributed by atoms with Crippen LogP contribution in [0, 0.1) is 11.8 Å². The normalized spacial score (nSPS) is 29.8. The van der Waals surface area contributed by atoms with Crippen molar-refractivity contribution in [2.24, 2.45) is 11.8 Å². The molecule has 0 N–H and O–H groups in total. The van der Waals surface area contributed by atoms with Crippen molar-refractivity contribution in [1.82, 2.24) is 9.80 Å². The maximum absolute atomic E-state index is 12.0. The van der Waals surface area contributed by atoms with Crippen molar-refractivity contribution in [3.05, 3.63) is 0 Å². The van der Waals surface area contributed by atoms with E-state index in [1.54, 1.807) is 0 Å². The van der Waals surface area contributed by atoms with Gasteiger partial charge in [-0.3, -0.25) is 9.69 Å². The molecule has 110 valence electrons. The second-order valence-electron chi connectivity index (χ2n) is 6.93. The number of nitrogens with zero attached hydrogens (tertiary/aromatic N) is 2. The Balaban J connectivity index is 1.74. The monoisotopic (exact) mass is 266 g/mol. The Labute approximate surface area is 118 Å². The summed E-state index contributed by atoms with van der Waals surface area (Å²) in [5.74, 6) is 1.75. The predicted octanol–water partition coefficient (Wildman–Crippen LogP) is 2.76. The van der Waals surface area contributed by atoms with Gasteiger partial charge < -0.3 is 4.90 Å². The van der Waals surface area contributed by atoms with E-state index in [4.69, 9.17) is 0 Å². The molecule has 1 aliphatic heterocycles. The Morgan fingerprint density at radius 3 is 2.16 bits per heavy atom. The first-order valence-corrected chi connectivity index (χ1v) is 8.08. The second kappa shape index (κ2) is 6.74. The van der Waals surface area contributed by atoms with Gasteiger partial charge in [-0.2, -0.15) is 0 Å². The molecule has 0 atom stereocenters. The van der Waals surface area contributed by atoms with Gasteiger partial charge in [-0.1, -0.05) is 20.8 Å². The maximum atomic E-state index is 12.0. The average molecular weight is 266 g/mol. The van der Waals surface area contributed by atoms with Crippen LogP contribution in [-0.4, -0.2) is 47.9 Å². The van der Waals surface area contributed by atoms with Gasteiger partial charge in [0, 0.05) is 38.6 Å². The summed E-state index contributed by atoms with van der Waals surface area (Å²) in [5.41, 5.74) is 0. The molecule has 0 spiro atoms. The summed E-state index contributed by atoms with van der Waals surface area (Å²) in [6.07, 6.45) is 6.21. The number of hydrogen-bond acceptors (Lipinski definition) is 2. The molecular formula is C16H30N2O. The second-order valence-corrected chi connectivity index (χ2v) is 6.93. The molecule has 1 saturated heterocycles. The predicted molar refractivity (Wildman–Crippen MR) is 79.0 cm³/mol. The van der Waals surface area contributed by atoms with Crippen molar-refractivity contribution in [2.45, 2.75) is 58.9 Å². The molecule has 0 aromatic heterocycles. The van der Waals surface area contributed by atoms with Crippen LogP contribution in [0.5, 0.6) is 0 Å². The molecule has 0 unspecified atom stereocenters. The summed E-state index contributed by atoms with van der Waals surface area (Å²) >= 11 is 0. The molecule has 19 heavy (non-hydrogen) atoms. The minimum atomic E-state index is 0.354. The zero-order chi connectivity index (χ0) is 13.8. The van der Waals surface area contributed by atoms with E-state index in [0.717, 1.165) is 38.1 Å². The molecule has 0 aromatic rings. The lowest BCUT2D eigenvalue weighted by atomic mass is 9.86. The van der Waals surface area contributed by atoms with Crippen LogP contribution in [0.25, 0.3) is 0 Å². The molecule has 2 rings (SSSR count). The van der Waals surface area contributed by atoms with Crippen LogP contribution in [0.4, 0.5) is 0 Å². The van der Waals surface area contributed by atoms with Gasteiger partial charge in [0.05, 0.1) is 0 Å². The lowest BCUT2D eigenvalue weighted by Crippen LogP contribution is -2.52. The molecule has 3 nitrogen and oxygen atoms in total. The Hall–Kier alpha value is -0.570. The third kappa shape index (κ3) is 4.20. The smallest absolute Gasteiger partial charge is 0.222 e. The first-order chi connectivity index (χ1) is 9.06. The van der Waals surface area contributed by atoms with E-state index in [0.29, 0.717) is 18.2 Å². The van der Waals surface area contributed by atoms with Gasteiger partial charge in [0.1, 0.15) is 0 Å². The fraction of sp³-hybridized carbons (Fsp3) is 0.938. The Morgan fingerprint density at radius 1 is 1.05 bits per heavy atom. The zero-order valence-electron chi connectivity index (χ0n) is 12.9. The van der Waals surface area contributed by atoms with Gasteiger partial charge in [-0.25, -0.2) is 0 Å². The highest BCUT2D eigenvalue weighted by Crippen LogP contribution is 2.27. The fourth-order valence-electron chi connectivity index (χ4n) is 3.42. The summed E-state index contributed by atoms with van der Waals surface area (Å²) in [7, 11) is 0. The highest BCUT2D eigenvalue weighted by Gasteiger charge is 2.28. The molecule has 3 heteroatoms. The van der Waals surface area contributed by atoms with E-state index in [1.807, 2.05) is 0 Å². The molecular weight excluding hydrogens is 236 g/mol. The summed E-state index contributed by atoms with van der Waals surface area (Å²) in [6, 6.07) is 0.790. The SMILES string of the molecule is CC(C)CC(=O)N1CCN(C2CCC(C)CC2)CC1. The number of hydrogen-bond donors (Lipinski definition) is 0. The van der Waals surface area contributed by atoms with Crippen molar-refractivity contribution >= 4 is 5.91 Å². The van der Waals surface area contributed by atoms with E-state index in [2.05, 4.69) is 30.6 Å². The highest BCUT2D eigenvalue weighted by molar-refractivity contribution is 5.76. The lowest BCUT2D eigenvalue weighted by molar-refractivity contribution is -0.134. The van der Waals surface area contributed by atoms with Crippen LogP contribution in [-0.2, 0) is 4.79 Å². The van der Waals surface area contributed by atoms with E-state index >= 15 is 0 Å². The van der Waals surface area contributed by atoms with Crippen LogP contribution in [0.2, 0.25) is 0 Å². The van der Waals surface area contributed by atoms with Crippen LogP contribution in [0.3, 0.4) is 0 Å². The minimum absolute atomic E-state index is 0.354. The quantitative estimate of drug-likeness (QED) is 0.784. The van der Waals surface area contributed by atoms with Crippen molar-refractivity contribution in [3.63, 3.8) is 0 Å². The third-order valence-electron chi connectivity index (χ3n) is 4.75. The number of carbonyl (C=O) groups is 1. The average Bonchev–Trinajstić information content (AvgIpc) is 2.39. The largest absolute Gasteiger partial charge is 0.340 e. The summed E-state index contributed by atoms with van der Waals surface area (Å²) in [5, 5.41) is 0. The van der Waals surface area contributed by atoms with Crippen molar-refractivity contribution in [1.29, 1.82) is 0 Å². The molecule has 1 amide bonds. The first-order valence-electron chi connectivity index (χ1n) is 8.08. The lowest BCUT2D eigenvalue weighted by Gasteiger charge is -2.41. The van der Waals surface area contributed by atoms with Crippen LogP contribution < -0.4 is 0 Å². The maximum Gasteiger partial charge on any atom is 0.222 e. The fourth-order valence-corrected chi connectivity index (χ4v) is 3.42. The van der Waals surface area contributed by atoms with Gasteiger partial charge in [0.25, 0.3) is 0 Å². The van der Waals surface area contributed by atoms with E-state index in [9.17, 15) is 4.79 Å². The van der Waals surface area contributed by atoms with Crippen molar-refractivity contribution in [3.8, 4) is 0 Å². The topological polar surface area (TPSA) is 23.6 Å². The minimum Gasteiger partial charge on any atom is -0.340 e. The Bertz CT molecular complexity index is 287. The molecule has 0 bridgehead atoms. The number of amides is 1. The molecule has 0 radical (unpaired) electrons. The summed E-state index contributed by atoms with van der Waals surface area (Å²) in [6.45, 7) is 10.7. The Morgan fingerprint density at radius 2 is 1.63 bits per heavy atom. The van der Waals surface area contributed by atoms with Gasteiger partial charge in [-0.05, 0) is 37.5 Å². The van der Waals surface area contributed by atoms with Crippen LogP contribution in [0.1, 0.15) is 52.9 Å². The van der Waals surface area contributed by atoms with Gasteiger partial charge in [-0.15, -0.1) is 0 Å². The van der Waals surface area contributed by atoms with E-state index < -0.39 is 0 Å². The first kappa shape index (κ1) is 14.8. The summed E-state index contributed by atoms with van der Waals surface area (Å²) < 4.78 is 0. The van der Waals surface area contributed by atoms with Gasteiger partial charge in [0.15, 0.2) is 0 Å². The van der Waals surface area contributed by atoms with Crippen molar-refractivity contribution < 1.29 is 4.79 Å². The standard InChI is InChI=1S/C16H30N2O/c1-13(2)12-16(19)18-10-8-17(9-11-18)15-6-4-14(3)5-7-15/h13-15H,4-12H2,1-3H3. The molecule has 0 aromatic carbocycles. The Kier molecular flexibility index (Phi) is 5.26. The zero-order valence-corrected chi connectivity index (χ0v) is 12.9. The molecule has 1 saturated carbocycles.